The first-order chi connectivity index (χ1) is 14.4. The molecule has 0 bridgehead atoms. The Morgan fingerprint density at radius 3 is 2.67 bits per heavy atom. The maximum absolute atomic E-state index is 13.8. The van der Waals surface area contributed by atoms with Crippen molar-refractivity contribution in [2.75, 3.05) is 13.1 Å². The van der Waals surface area contributed by atoms with E-state index in [1.807, 2.05) is 12.1 Å². The first-order valence-corrected chi connectivity index (χ1v) is 10.7. The van der Waals surface area contributed by atoms with Crippen LogP contribution in [0.4, 0.5) is 4.39 Å². The van der Waals surface area contributed by atoms with Crippen molar-refractivity contribution in [3.05, 3.63) is 70.4 Å². The van der Waals surface area contributed by atoms with Crippen LogP contribution in [-0.2, 0) is 16.0 Å². The Kier molecular flexibility index (Phi) is 7.59. The van der Waals surface area contributed by atoms with Crippen molar-refractivity contribution in [1.82, 2.24) is 10.2 Å². The second-order valence-corrected chi connectivity index (χ2v) is 8.40. The quantitative estimate of drug-likeness (QED) is 0.478. The molecule has 2 aromatic rings. The molecule has 2 N–H and O–H groups in total. The van der Waals surface area contributed by atoms with Gasteiger partial charge in [-0.1, -0.05) is 54.3 Å². The highest BCUT2D eigenvalue weighted by molar-refractivity contribution is 8.26. The van der Waals surface area contributed by atoms with Crippen molar-refractivity contribution in [3.8, 4) is 5.75 Å². The van der Waals surface area contributed by atoms with E-state index in [1.54, 1.807) is 30.3 Å². The third-order valence-electron chi connectivity index (χ3n) is 4.52. The number of rotatable bonds is 8. The number of amides is 2. The van der Waals surface area contributed by atoms with Crippen LogP contribution in [0.25, 0.3) is 6.08 Å². The van der Waals surface area contributed by atoms with Crippen LogP contribution in [0.3, 0.4) is 0 Å². The van der Waals surface area contributed by atoms with Gasteiger partial charge in [-0.2, -0.15) is 0 Å². The number of hydrogen-bond donors (Lipinski definition) is 2. The van der Waals surface area contributed by atoms with Crippen molar-refractivity contribution < 1.29 is 19.1 Å². The molecule has 0 atom stereocenters. The van der Waals surface area contributed by atoms with Gasteiger partial charge in [-0.3, -0.25) is 14.5 Å². The average molecular weight is 445 g/mol. The van der Waals surface area contributed by atoms with Crippen molar-refractivity contribution in [1.29, 1.82) is 0 Å². The Balaban J connectivity index is 1.43. The number of nitrogens with zero attached hydrogens (tertiary/aromatic N) is 1. The van der Waals surface area contributed by atoms with Crippen molar-refractivity contribution >= 4 is 46.2 Å². The van der Waals surface area contributed by atoms with Crippen LogP contribution in [0.15, 0.2) is 53.4 Å². The summed E-state index contributed by atoms with van der Waals surface area (Å²) in [5.41, 5.74) is 1.36. The van der Waals surface area contributed by atoms with Gasteiger partial charge < -0.3 is 10.4 Å². The molecule has 0 aliphatic carbocycles. The summed E-state index contributed by atoms with van der Waals surface area (Å²) in [4.78, 5) is 26.4. The predicted molar refractivity (Wildman–Crippen MR) is 120 cm³/mol. The summed E-state index contributed by atoms with van der Waals surface area (Å²) in [5, 5.41) is 12.1. The van der Waals surface area contributed by atoms with Crippen molar-refractivity contribution in [2.24, 2.45) is 0 Å². The molecule has 1 aliphatic rings. The second-order valence-electron chi connectivity index (χ2n) is 6.72. The molecule has 1 aliphatic heterocycles. The van der Waals surface area contributed by atoms with Gasteiger partial charge in [-0.15, -0.1) is 0 Å². The van der Waals surface area contributed by atoms with Crippen LogP contribution in [0.2, 0.25) is 0 Å². The summed E-state index contributed by atoms with van der Waals surface area (Å²) in [6.45, 7) is 0.834. The molecular weight excluding hydrogens is 423 g/mol. The number of carbonyl (C=O) groups is 2. The highest BCUT2D eigenvalue weighted by Gasteiger charge is 2.31. The SMILES string of the molecule is O=C(CCCN1C(=O)C(=Cc2ccccc2F)SC1=S)NCCc1ccc(O)cc1. The molecule has 0 saturated carbocycles. The fourth-order valence-electron chi connectivity index (χ4n) is 2.92. The second kappa shape index (κ2) is 10.4. The zero-order chi connectivity index (χ0) is 21.5. The number of halogens is 1. The number of phenols is 1. The number of thiocarbonyl (C=S) groups is 1. The highest BCUT2D eigenvalue weighted by Crippen LogP contribution is 2.33. The van der Waals surface area contributed by atoms with Gasteiger partial charge in [0.2, 0.25) is 5.91 Å². The van der Waals surface area contributed by atoms with E-state index >= 15 is 0 Å². The largest absolute Gasteiger partial charge is 0.508 e. The number of phenolic OH excluding ortho intramolecular Hbond substituents is 1. The van der Waals surface area contributed by atoms with E-state index in [9.17, 15) is 19.1 Å². The summed E-state index contributed by atoms with van der Waals surface area (Å²) < 4.78 is 14.2. The van der Waals surface area contributed by atoms with Gasteiger partial charge in [-0.05, 0) is 42.7 Å². The van der Waals surface area contributed by atoms with Gasteiger partial charge in [0, 0.05) is 25.1 Å². The minimum absolute atomic E-state index is 0.0962. The van der Waals surface area contributed by atoms with E-state index in [0.717, 1.165) is 17.3 Å². The van der Waals surface area contributed by atoms with E-state index in [0.29, 0.717) is 40.7 Å². The predicted octanol–water partition coefficient (Wildman–Crippen LogP) is 3.87. The minimum atomic E-state index is -0.397. The molecule has 5 nitrogen and oxygen atoms in total. The summed E-state index contributed by atoms with van der Waals surface area (Å²) in [6, 6.07) is 13.1. The summed E-state index contributed by atoms with van der Waals surface area (Å²) in [7, 11) is 0. The maximum Gasteiger partial charge on any atom is 0.266 e. The van der Waals surface area contributed by atoms with Crippen LogP contribution in [0.5, 0.6) is 5.75 Å². The van der Waals surface area contributed by atoms with Gasteiger partial charge >= 0.3 is 0 Å². The molecular formula is C22H21FN2O3S2. The van der Waals surface area contributed by atoms with Gasteiger partial charge in [0.05, 0.1) is 4.91 Å². The fourth-order valence-corrected chi connectivity index (χ4v) is 4.22. The number of thioether (sulfide) groups is 1. The standard InChI is InChI=1S/C22H21FN2O3S2/c23-18-5-2-1-4-16(18)14-19-21(28)25(22(29)30-19)13-3-6-20(27)24-12-11-15-7-9-17(26)10-8-15/h1-2,4-5,7-10,14,26H,3,6,11-13H2,(H,24,27). The minimum Gasteiger partial charge on any atom is -0.508 e. The van der Waals surface area contributed by atoms with Crippen LogP contribution in [0, 0.1) is 5.82 Å². The number of carbonyl (C=O) groups excluding carboxylic acids is 2. The molecule has 1 heterocycles. The molecule has 2 aromatic carbocycles. The van der Waals surface area contributed by atoms with Gasteiger partial charge in [0.1, 0.15) is 15.9 Å². The van der Waals surface area contributed by atoms with E-state index in [1.165, 1.54) is 17.0 Å². The number of nitrogens with one attached hydrogen (secondary N) is 1. The molecule has 3 rings (SSSR count). The number of aromatic hydroxyl groups is 1. The Hall–Kier alpha value is -2.71. The molecule has 30 heavy (non-hydrogen) atoms. The Morgan fingerprint density at radius 1 is 1.20 bits per heavy atom. The summed E-state index contributed by atoms with van der Waals surface area (Å²) in [5.74, 6) is -0.545. The lowest BCUT2D eigenvalue weighted by Crippen LogP contribution is -2.31. The topological polar surface area (TPSA) is 69.6 Å². The summed E-state index contributed by atoms with van der Waals surface area (Å²) in [6.07, 6.45) is 2.93. The first kappa shape index (κ1) is 22.0. The molecule has 0 unspecified atom stereocenters. The van der Waals surface area contributed by atoms with E-state index < -0.39 is 5.82 Å². The molecule has 8 heteroatoms. The van der Waals surface area contributed by atoms with E-state index in [-0.39, 0.29) is 24.0 Å². The maximum atomic E-state index is 13.8. The first-order valence-electron chi connectivity index (χ1n) is 9.48. The van der Waals surface area contributed by atoms with E-state index in [2.05, 4.69) is 5.32 Å². The van der Waals surface area contributed by atoms with Gasteiger partial charge in [0.15, 0.2) is 0 Å². The van der Waals surface area contributed by atoms with Crippen molar-refractivity contribution in [3.63, 3.8) is 0 Å². The highest BCUT2D eigenvalue weighted by atomic mass is 32.2. The van der Waals surface area contributed by atoms with Crippen LogP contribution in [-0.4, -0.2) is 39.2 Å². The Morgan fingerprint density at radius 2 is 1.93 bits per heavy atom. The molecule has 2 amide bonds. The van der Waals surface area contributed by atoms with Crippen LogP contribution in [0.1, 0.15) is 24.0 Å². The third kappa shape index (κ3) is 5.90. The van der Waals surface area contributed by atoms with Crippen LogP contribution >= 0.6 is 24.0 Å². The van der Waals surface area contributed by atoms with Gasteiger partial charge in [-0.25, -0.2) is 4.39 Å². The zero-order valence-corrected chi connectivity index (χ0v) is 17.8. The normalized spacial score (nSPS) is 15.1. The Labute approximate surface area is 184 Å². The zero-order valence-electron chi connectivity index (χ0n) is 16.1. The third-order valence-corrected chi connectivity index (χ3v) is 5.90. The van der Waals surface area contributed by atoms with Crippen LogP contribution < -0.4 is 5.32 Å². The van der Waals surface area contributed by atoms with Crippen molar-refractivity contribution in [2.45, 2.75) is 19.3 Å². The molecule has 1 saturated heterocycles. The monoisotopic (exact) mass is 444 g/mol. The molecule has 1 fully saturated rings. The van der Waals surface area contributed by atoms with Gasteiger partial charge in [0.25, 0.3) is 5.91 Å². The average Bonchev–Trinajstić information content (AvgIpc) is 2.98. The smallest absolute Gasteiger partial charge is 0.266 e. The lowest BCUT2D eigenvalue weighted by Gasteiger charge is -2.14. The lowest BCUT2D eigenvalue weighted by atomic mass is 10.1. The lowest BCUT2D eigenvalue weighted by molar-refractivity contribution is -0.123. The number of hydrogen-bond acceptors (Lipinski definition) is 5. The molecule has 0 spiro atoms. The fraction of sp³-hybridized carbons (Fsp3) is 0.227. The molecule has 156 valence electrons. The molecule has 0 radical (unpaired) electrons. The summed E-state index contributed by atoms with van der Waals surface area (Å²) >= 11 is 6.41. The van der Waals surface area contributed by atoms with E-state index in [4.69, 9.17) is 12.2 Å². The Bertz CT molecular complexity index is 977. The number of benzene rings is 2. The molecule has 0 aromatic heterocycles.